The van der Waals surface area contributed by atoms with Crippen LogP contribution in [0.15, 0.2) is 18.5 Å². The number of aliphatic hydroxyl groups is 2. The van der Waals surface area contributed by atoms with Crippen LogP contribution in [0.3, 0.4) is 0 Å². The number of nitrogens with zero attached hydrogens (tertiary/aromatic N) is 1. The van der Waals surface area contributed by atoms with Crippen LogP contribution in [-0.4, -0.2) is 34.9 Å². The van der Waals surface area contributed by atoms with Gasteiger partial charge in [-0.25, -0.2) is 0 Å². The third-order valence-electron chi connectivity index (χ3n) is 2.16. The normalized spacial score (nSPS) is 15.1. The molecule has 4 heteroatoms. The smallest absolute Gasteiger partial charge is 0.106 e. The molecule has 1 rings (SSSR count). The van der Waals surface area contributed by atoms with Crippen molar-refractivity contribution in [2.45, 2.75) is 19.1 Å². The number of nitrogens with one attached hydrogen (secondary N) is 1. The molecule has 1 aromatic heterocycles. The summed E-state index contributed by atoms with van der Waals surface area (Å²) in [5, 5.41) is 22.2. The molecule has 0 saturated heterocycles. The SMILES string of the molecule is CNCC(O)C(O)c1ccncc1C. The number of aliphatic hydroxyl groups excluding tert-OH is 2. The highest BCUT2D eigenvalue weighted by molar-refractivity contribution is 5.24. The van der Waals surface area contributed by atoms with Gasteiger partial charge in [-0.05, 0) is 31.2 Å². The Labute approximate surface area is 83.6 Å². The van der Waals surface area contributed by atoms with E-state index in [1.54, 1.807) is 25.5 Å². The van der Waals surface area contributed by atoms with Crippen molar-refractivity contribution < 1.29 is 10.2 Å². The molecule has 1 heterocycles. The van der Waals surface area contributed by atoms with Crippen LogP contribution >= 0.6 is 0 Å². The molecule has 78 valence electrons. The summed E-state index contributed by atoms with van der Waals surface area (Å²) in [6.45, 7) is 2.22. The summed E-state index contributed by atoms with van der Waals surface area (Å²) >= 11 is 0. The Balaban J connectivity index is 2.78. The summed E-state index contributed by atoms with van der Waals surface area (Å²) in [5.41, 5.74) is 1.61. The fourth-order valence-corrected chi connectivity index (χ4v) is 1.34. The lowest BCUT2D eigenvalue weighted by molar-refractivity contribution is 0.0198. The van der Waals surface area contributed by atoms with E-state index in [1.165, 1.54) is 0 Å². The average molecular weight is 196 g/mol. The number of likely N-dealkylation sites (N-methyl/N-ethyl adjacent to an activating group) is 1. The minimum atomic E-state index is -0.856. The van der Waals surface area contributed by atoms with Crippen molar-refractivity contribution in [2.24, 2.45) is 0 Å². The Morgan fingerprint density at radius 2 is 2.21 bits per heavy atom. The quantitative estimate of drug-likeness (QED) is 0.634. The summed E-state index contributed by atoms with van der Waals surface area (Å²) in [6, 6.07) is 1.72. The highest BCUT2D eigenvalue weighted by Crippen LogP contribution is 2.19. The summed E-state index contributed by atoms with van der Waals surface area (Å²) in [4.78, 5) is 3.92. The van der Waals surface area contributed by atoms with Crippen molar-refractivity contribution in [2.75, 3.05) is 13.6 Å². The van der Waals surface area contributed by atoms with Crippen molar-refractivity contribution >= 4 is 0 Å². The van der Waals surface area contributed by atoms with Crippen molar-refractivity contribution in [3.8, 4) is 0 Å². The summed E-state index contributed by atoms with van der Waals surface area (Å²) in [7, 11) is 1.73. The molecular weight excluding hydrogens is 180 g/mol. The van der Waals surface area contributed by atoms with E-state index < -0.39 is 12.2 Å². The lowest BCUT2D eigenvalue weighted by Crippen LogP contribution is -2.29. The number of aromatic nitrogens is 1. The molecule has 0 spiro atoms. The third-order valence-corrected chi connectivity index (χ3v) is 2.16. The number of hydrogen-bond acceptors (Lipinski definition) is 4. The van der Waals surface area contributed by atoms with Crippen molar-refractivity contribution in [3.63, 3.8) is 0 Å². The molecule has 4 nitrogen and oxygen atoms in total. The molecule has 14 heavy (non-hydrogen) atoms. The minimum absolute atomic E-state index is 0.364. The first-order valence-electron chi connectivity index (χ1n) is 4.58. The molecule has 2 atom stereocenters. The third kappa shape index (κ3) is 2.51. The lowest BCUT2D eigenvalue weighted by atomic mass is 10.0. The number of rotatable bonds is 4. The van der Waals surface area contributed by atoms with Gasteiger partial charge >= 0.3 is 0 Å². The van der Waals surface area contributed by atoms with Crippen LogP contribution in [0.5, 0.6) is 0 Å². The Morgan fingerprint density at radius 1 is 1.50 bits per heavy atom. The molecule has 0 bridgehead atoms. The predicted molar refractivity (Wildman–Crippen MR) is 53.9 cm³/mol. The molecule has 0 saturated carbocycles. The molecule has 0 fully saturated rings. The van der Waals surface area contributed by atoms with Crippen LogP contribution in [0.1, 0.15) is 17.2 Å². The molecular formula is C10H16N2O2. The zero-order valence-electron chi connectivity index (χ0n) is 8.44. The highest BCUT2D eigenvalue weighted by atomic mass is 16.3. The number of pyridine rings is 1. The van der Waals surface area contributed by atoms with E-state index in [0.717, 1.165) is 11.1 Å². The maximum Gasteiger partial charge on any atom is 0.106 e. The van der Waals surface area contributed by atoms with E-state index in [2.05, 4.69) is 10.3 Å². The maximum absolute atomic E-state index is 9.78. The molecule has 0 amide bonds. The van der Waals surface area contributed by atoms with E-state index in [1.807, 2.05) is 6.92 Å². The van der Waals surface area contributed by atoms with Gasteiger partial charge in [0.2, 0.25) is 0 Å². The van der Waals surface area contributed by atoms with Crippen LogP contribution in [0.25, 0.3) is 0 Å². The van der Waals surface area contributed by atoms with Gasteiger partial charge in [0.05, 0.1) is 6.10 Å². The summed E-state index contributed by atoms with van der Waals surface area (Å²) in [5.74, 6) is 0. The van der Waals surface area contributed by atoms with Crippen molar-refractivity contribution in [1.29, 1.82) is 0 Å². The van der Waals surface area contributed by atoms with Gasteiger partial charge in [-0.1, -0.05) is 0 Å². The fraction of sp³-hybridized carbons (Fsp3) is 0.500. The fourth-order valence-electron chi connectivity index (χ4n) is 1.34. The van der Waals surface area contributed by atoms with Gasteiger partial charge in [0.1, 0.15) is 6.10 Å². The van der Waals surface area contributed by atoms with Crippen molar-refractivity contribution in [3.05, 3.63) is 29.6 Å². The molecule has 0 aliphatic rings. The standard InChI is InChI=1S/C10H16N2O2/c1-7-5-12-4-3-8(7)10(14)9(13)6-11-2/h3-5,9-11,13-14H,6H2,1-2H3. The zero-order valence-corrected chi connectivity index (χ0v) is 8.44. The molecule has 0 aromatic carbocycles. The van der Waals surface area contributed by atoms with Gasteiger partial charge < -0.3 is 15.5 Å². The van der Waals surface area contributed by atoms with Gasteiger partial charge in [0.15, 0.2) is 0 Å². The Kier molecular flexibility index (Phi) is 4.00. The molecule has 1 aromatic rings. The number of aryl methyl sites for hydroxylation is 1. The van der Waals surface area contributed by atoms with E-state index in [4.69, 9.17) is 0 Å². The Hall–Kier alpha value is -0.970. The molecule has 0 radical (unpaired) electrons. The van der Waals surface area contributed by atoms with Crippen LogP contribution in [0, 0.1) is 6.92 Å². The number of hydrogen-bond donors (Lipinski definition) is 3. The van der Waals surface area contributed by atoms with Gasteiger partial charge in [-0.15, -0.1) is 0 Å². The van der Waals surface area contributed by atoms with Gasteiger partial charge in [0, 0.05) is 18.9 Å². The largest absolute Gasteiger partial charge is 0.389 e. The van der Waals surface area contributed by atoms with Crippen LogP contribution < -0.4 is 5.32 Å². The Bertz CT molecular complexity index is 291. The van der Waals surface area contributed by atoms with Gasteiger partial charge in [-0.3, -0.25) is 4.98 Å². The lowest BCUT2D eigenvalue weighted by Gasteiger charge is -2.19. The van der Waals surface area contributed by atoms with E-state index >= 15 is 0 Å². The topological polar surface area (TPSA) is 65.4 Å². The predicted octanol–water partition coefficient (Wildman–Crippen LogP) is 0.00372. The van der Waals surface area contributed by atoms with Crippen LogP contribution in [0.4, 0.5) is 0 Å². The second-order valence-corrected chi connectivity index (χ2v) is 3.30. The van der Waals surface area contributed by atoms with Crippen molar-refractivity contribution in [1.82, 2.24) is 10.3 Å². The monoisotopic (exact) mass is 196 g/mol. The van der Waals surface area contributed by atoms with E-state index in [9.17, 15) is 10.2 Å². The van der Waals surface area contributed by atoms with E-state index in [-0.39, 0.29) is 0 Å². The van der Waals surface area contributed by atoms with E-state index in [0.29, 0.717) is 6.54 Å². The second-order valence-electron chi connectivity index (χ2n) is 3.30. The first kappa shape index (κ1) is 11.1. The molecule has 0 aliphatic carbocycles. The maximum atomic E-state index is 9.78. The minimum Gasteiger partial charge on any atom is -0.389 e. The summed E-state index contributed by atoms with van der Waals surface area (Å²) in [6.07, 6.45) is 1.63. The average Bonchev–Trinajstić information content (AvgIpc) is 2.18. The van der Waals surface area contributed by atoms with Crippen LogP contribution in [0.2, 0.25) is 0 Å². The second kappa shape index (κ2) is 5.05. The van der Waals surface area contributed by atoms with Crippen LogP contribution in [-0.2, 0) is 0 Å². The highest BCUT2D eigenvalue weighted by Gasteiger charge is 2.18. The molecule has 0 aliphatic heterocycles. The summed E-state index contributed by atoms with van der Waals surface area (Å²) < 4.78 is 0. The first-order valence-corrected chi connectivity index (χ1v) is 4.58. The zero-order chi connectivity index (χ0) is 10.6. The molecule has 2 unspecified atom stereocenters. The Morgan fingerprint density at radius 3 is 2.79 bits per heavy atom. The van der Waals surface area contributed by atoms with Gasteiger partial charge in [0.25, 0.3) is 0 Å². The molecule has 3 N–H and O–H groups in total. The first-order chi connectivity index (χ1) is 6.66. The van der Waals surface area contributed by atoms with Gasteiger partial charge in [-0.2, -0.15) is 0 Å².